The molecule has 0 aliphatic carbocycles. The summed E-state index contributed by atoms with van der Waals surface area (Å²) < 4.78 is 30.8. The van der Waals surface area contributed by atoms with Crippen LogP contribution in [0.15, 0.2) is 48.5 Å². The molecule has 0 unspecified atom stereocenters. The maximum atomic E-state index is 12.3. The van der Waals surface area contributed by atoms with Gasteiger partial charge < -0.3 is 10.1 Å². The Morgan fingerprint density at radius 1 is 1.12 bits per heavy atom. The van der Waals surface area contributed by atoms with Crippen LogP contribution in [0.2, 0.25) is 0 Å². The molecular formula is C19H24N2O4S. The molecule has 140 valence electrons. The first-order chi connectivity index (χ1) is 12.3. The largest absolute Gasteiger partial charge is 0.383 e. The molecule has 1 N–H and O–H groups in total. The number of rotatable bonds is 8. The standard InChI is InChI=1S/C19H24N2O4S/c1-15-6-4-5-7-17(15)14-21(26(3,23)24)18-10-8-16(9-11-18)19(22)20-12-13-25-2/h4-11H,12-14H2,1-3H3,(H,20,22). The van der Waals surface area contributed by atoms with Crippen LogP contribution in [0.25, 0.3) is 0 Å². The van der Waals surface area contributed by atoms with E-state index in [1.165, 1.54) is 10.6 Å². The van der Waals surface area contributed by atoms with E-state index in [2.05, 4.69) is 5.32 Å². The molecule has 0 atom stereocenters. The Kier molecular flexibility index (Phi) is 6.76. The second-order valence-corrected chi connectivity index (χ2v) is 7.90. The first-order valence-electron chi connectivity index (χ1n) is 8.22. The van der Waals surface area contributed by atoms with Gasteiger partial charge in [0.05, 0.1) is 25.1 Å². The molecule has 0 bridgehead atoms. The summed E-state index contributed by atoms with van der Waals surface area (Å²) in [6.07, 6.45) is 1.18. The smallest absolute Gasteiger partial charge is 0.251 e. The van der Waals surface area contributed by atoms with Crippen LogP contribution in [0, 0.1) is 6.92 Å². The van der Waals surface area contributed by atoms with Crippen LogP contribution in [0.3, 0.4) is 0 Å². The predicted molar refractivity (Wildman–Crippen MR) is 103 cm³/mol. The van der Waals surface area contributed by atoms with Gasteiger partial charge in [-0.25, -0.2) is 8.42 Å². The number of sulfonamides is 1. The van der Waals surface area contributed by atoms with Crippen molar-refractivity contribution in [2.45, 2.75) is 13.5 Å². The van der Waals surface area contributed by atoms with Crippen LogP contribution in [-0.2, 0) is 21.3 Å². The zero-order valence-electron chi connectivity index (χ0n) is 15.2. The number of carbonyl (C=O) groups excluding carboxylic acids is 1. The van der Waals surface area contributed by atoms with E-state index in [9.17, 15) is 13.2 Å². The summed E-state index contributed by atoms with van der Waals surface area (Å²) in [5, 5.41) is 2.73. The average Bonchev–Trinajstić information content (AvgIpc) is 2.60. The molecule has 2 aromatic rings. The van der Waals surface area contributed by atoms with Gasteiger partial charge in [-0.1, -0.05) is 24.3 Å². The number of methoxy groups -OCH3 is 1. The van der Waals surface area contributed by atoms with E-state index in [0.717, 1.165) is 11.1 Å². The summed E-state index contributed by atoms with van der Waals surface area (Å²) in [4.78, 5) is 12.0. The third-order valence-corrected chi connectivity index (χ3v) is 5.13. The highest BCUT2D eigenvalue weighted by Gasteiger charge is 2.19. The topological polar surface area (TPSA) is 75.7 Å². The summed E-state index contributed by atoms with van der Waals surface area (Å²) in [7, 11) is -1.90. The number of nitrogens with zero attached hydrogens (tertiary/aromatic N) is 1. The summed E-state index contributed by atoms with van der Waals surface area (Å²) in [5.41, 5.74) is 2.94. The molecule has 2 rings (SSSR count). The minimum absolute atomic E-state index is 0.224. The van der Waals surface area contributed by atoms with Gasteiger partial charge in [-0.2, -0.15) is 0 Å². The number of nitrogens with one attached hydrogen (secondary N) is 1. The summed E-state index contributed by atoms with van der Waals surface area (Å²) in [6, 6.07) is 14.2. The Hall–Kier alpha value is -2.38. The van der Waals surface area contributed by atoms with E-state index in [1.54, 1.807) is 31.4 Å². The minimum atomic E-state index is -3.47. The van der Waals surface area contributed by atoms with Crippen molar-refractivity contribution < 1.29 is 17.9 Å². The molecule has 0 aliphatic rings. The van der Waals surface area contributed by atoms with Gasteiger partial charge in [0.25, 0.3) is 5.91 Å². The highest BCUT2D eigenvalue weighted by atomic mass is 32.2. The average molecular weight is 376 g/mol. The van der Waals surface area contributed by atoms with Crippen molar-refractivity contribution in [1.29, 1.82) is 0 Å². The molecule has 1 amide bonds. The minimum Gasteiger partial charge on any atom is -0.383 e. The van der Waals surface area contributed by atoms with Crippen LogP contribution in [0.1, 0.15) is 21.5 Å². The fourth-order valence-electron chi connectivity index (χ4n) is 2.49. The lowest BCUT2D eigenvalue weighted by atomic mass is 10.1. The van der Waals surface area contributed by atoms with Crippen molar-refractivity contribution in [3.8, 4) is 0 Å². The monoisotopic (exact) mass is 376 g/mol. The van der Waals surface area contributed by atoms with E-state index in [4.69, 9.17) is 4.74 Å². The van der Waals surface area contributed by atoms with E-state index >= 15 is 0 Å². The van der Waals surface area contributed by atoms with Gasteiger partial charge in [0, 0.05) is 19.2 Å². The van der Waals surface area contributed by atoms with Crippen molar-refractivity contribution >= 4 is 21.6 Å². The summed E-state index contributed by atoms with van der Waals surface area (Å²) >= 11 is 0. The van der Waals surface area contributed by atoms with Gasteiger partial charge in [-0.05, 0) is 42.3 Å². The molecule has 0 heterocycles. The van der Waals surface area contributed by atoms with E-state index in [-0.39, 0.29) is 12.5 Å². The highest BCUT2D eigenvalue weighted by molar-refractivity contribution is 7.92. The number of ether oxygens (including phenoxy) is 1. The van der Waals surface area contributed by atoms with E-state index in [1.807, 2.05) is 31.2 Å². The molecule has 0 saturated carbocycles. The third kappa shape index (κ3) is 5.31. The zero-order chi connectivity index (χ0) is 19.2. The van der Waals surface area contributed by atoms with Crippen molar-refractivity contribution in [3.05, 3.63) is 65.2 Å². The molecule has 0 saturated heterocycles. The van der Waals surface area contributed by atoms with Crippen molar-refractivity contribution in [1.82, 2.24) is 5.32 Å². The Labute approximate surface area is 154 Å². The SMILES string of the molecule is COCCNC(=O)c1ccc(N(Cc2ccccc2C)S(C)(=O)=O)cc1. The molecule has 26 heavy (non-hydrogen) atoms. The summed E-state index contributed by atoms with van der Waals surface area (Å²) in [6.45, 7) is 3.04. The first kappa shape index (κ1) is 19.9. The van der Waals surface area contributed by atoms with Crippen LogP contribution in [0.5, 0.6) is 0 Å². The fourth-order valence-corrected chi connectivity index (χ4v) is 3.37. The Morgan fingerprint density at radius 3 is 2.35 bits per heavy atom. The number of amides is 1. The number of aryl methyl sites for hydroxylation is 1. The summed E-state index contributed by atoms with van der Waals surface area (Å²) in [5.74, 6) is -0.224. The molecule has 6 nitrogen and oxygen atoms in total. The second-order valence-electron chi connectivity index (χ2n) is 5.99. The molecule has 0 aromatic heterocycles. The molecule has 0 radical (unpaired) electrons. The van der Waals surface area contributed by atoms with Crippen molar-refractivity contribution in [3.63, 3.8) is 0 Å². The number of anilines is 1. The highest BCUT2D eigenvalue weighted by Crippen LogP contribution is 2.22. The Morgan fingerprint density at radius 2 is 1.77 bits per heavy atom. The van der Waals surface area contributed by atoms with Crippen LogP contribution >= 0.6 is 0 Å². The lowest BCUT2D eigenvalue weighted by Crippen LogP contribution is -2.30. The van der Waals surface area contributed by atoms with Crippen LogP contribution in [0.4, 0.5) is 5.69 Å². The quantitative estimate of drug-likeness (QED) is 0.718. The normalized spacial score (nSPS) is 11.2. The Bertz CT molecular complexity index is 848. The van der Waals surface area contributed by atoms with Gasteiger partial charge in [0.1, 0.15) is 0 Å². The molecular weight excluding hydrogens is 352 g/mol. The van der Waals surface area contributed by atoms with Crippen LogP contribution in [-0.4, -0.2) is 40.8 Å². The number of carbonyl (C=O) groups is 1. The first-order valence-corrected chi connectivity index (χ1v) is 10.1. The van der Waals surface area contributed by atoms with Gasteiger partial charge in [0.15, 0.2) is 0 Å². The molecule has 0 spiro atoms. The van der Waals surface area contributed by atoms with E-state index < -0.39 is 10.0 Å². The van der Waals surface area contributed by atoms with Gasteiger partial charge >= 0.3 is 0 Å². The van der Waals surface area contributed by atoms with Crippen molar-refractivity contribution in [2.24, 2.45) is 0 Å². The number of benzene rings is 2. The fraction of sp³-hybridized carbons (Fsp3) is 0.316. The van der Waals surface area contributed by atoms with Gasteiger partial charge in [-0.15, -0.1) is 0 Å². The van der Waals surface area contributed by atoms with E-state index in [0.29, 0.717) is 24.4 Å². The second kappa shape index (κ2) is 8.82. The number of hydrogen-bond acceptors (Lipinski definition) is 4. The third-order valence-electron chi connectivity index (χ3n) is 3.98. The Balaban J connectivity index is 2.21. The van der Waals surface area contributed by atoms with Gasteiger partial charge in [0.2, 0.25) is 10.0 Å². The molecule has 7 heteroatoms. The zero-order valence-corrected chi connectivity index (χ0v) is 16.0. The van der Waals surface area contributed by atoms with Crippen molar-refractivity contribution in [2.75, 3.05) is 30.8 Å². The van der Waals surface area contributed by atoms with Gasteiger partial charge in [-0.3, -0.25) is 9.10 Å². The lowest BCUT2D eigenvalue weighted by molar-refractivity contribution is 0.0937. The lowest BCUT2D eigenvalue weighted by Gasteiger charge is -2.23. The number of hydrogen-bond donors (Lipinski definition) is 1. The molecule has 0 aliphatic heterocycles. The molecule has 2 aromatic carbocycles. The maximum absolute atomic E-state index is 12.3. The predicted octanol–water partition coefficient (Wildman–Crippen LogP) is 2.34. The van der Waals surface area contributed by atoms with Crippen LogP contribution < -0.4 is 9.62 Å². The molecule has 0 fully saturated rings. The maximum Gasteiger partial charge on any atom is 0.251 e.